The molecular formula is C11H17BrClNO3. The summed E-state index contributed by atoms with van der Waals surface area (Å²) in [5, 5.41) is 8.91. The highest BCUT2D eigenvalue weighted by Crippen LogP contribution is 2.35. The van der Waals surface area contributed by atoms with E-state index in [2.05, 4.69) is 15.9 Å². The zero-order chi connectivity index (χ0) is 12.1. The van der Waals surface area contributed by atoms with Crippen LogP contribution in [0.15, 0.2) is 16.6 Å². The van der Waals surface area contributed by atoms with Crippen molar-refractivity contribution in [1.29, 1.82) is 0 Å². The molecule has 0 aliphatic rings. The molecule has 0 aliphatic carbocycles. The molecule has 98 valence electrons. The third kappa shape index (κ3) is 4.35. The summed E-state index contributed by atoms with van der Waals surface area (Å²) in [6.45, 7) is -0.0410. The zero-order valence-corrected chi connectivity index (χ0v) is 12.2. The lowest BCUT2D eigenvalue weighted by Gasteiger charge is -2.13. The molecule has 6 heteroatoms. The smallest absolute Gasteiger partial charge is 0.137 e. The number of nitrogens with two attached hydrogens (primary N) is 1. The van der Waals surface area contributed by atoms with Gasteiger partial charge in [-0.2, -0.15) is 0 Å². The quantitative estimate of drug-likeness (QED) is 0.865. The SMILES string of the molecule is COc1cc(CC(N)CO)cc(OC)c1Br.Cl. The molecule has 0 amide bonds. The first-order valence-corrected chi connectivity index (χ1v) is 5.68. The Labute approximate surface area is 116 Å². The minimum absolute atomic E-state index is 0. The minimum atomic E-state index is -0.268. The van der Waals surface area contributed by atoms with Crippen molar-refractivity contribution >= 4 is 28.3 Å². The van der Waals surface area contributed by atoms with Gasteiger partial charge in [0, 0.05) is 6.04 Å². The fourth-order valence-corrected chi connectivity index (χ4v) is 1.96. The van der Waals surface area contributed by atoms with Crippen LogP contribution in [0.4, 0.5) is 0 Å². The molecule has 0 aliphatic heterocycles. The molecule has 0 radical (unpaired) electrons. The molecule has 0 bridgehead atoms. The van der Waals surface area contributed by atoms with E-state index in [4.69, 9.17) is 20.3 Å². The van der Waals surface area contributed by atoms with Gasteiger partial charge in [-0.3, -0.25) is 0 Å². The summed E-state index contributed by atoms with van der Waals surface area (Å²) in [6, 6.07) is 3.49. The number of aliphatic hydroxyl groups is 1. The molecular weight excluding hydrogens is 309 g/mol. The molecule has 1 atom stereocenters. The van der Waals surface area contributed by atoms with Crippen LogP contribution in [-0.4, -0.2) is 32.0 Å². The normalized spacial score (nSPS) is 11.6. The highest BCUT2D eigenvalue weighted by molar-refractivity contribution is 9.10. The van der Waals surface area contributed by atoms with Crippen LogP contribution in [-0.2, 0) is 6.42 Å². The molecule has 17 heavy (non-hydrogen) atoms. The lowest BCUT2D eigenvalue weighted by atomic mass is 10.1. The molecule has 1 unspecified atom stereocenters. The first-order chi connectivity index (χ1) is 7.62. The van der Waals surface area contributed by atoms with Gasteiger partial charge in [0.2, 0.25) is 0 Å². The van der Waals surface area contributed by atoms with Gasteiger partial charge >= 0.3 is 0 Å². The van der Waals surface area contributed by atoms with Crippen molar-refractivity contribution in [2.24, 2.45) is 5.73 Å². The van der Waals surface area contributed by atoms with Gasteiger partial charge in [0.05, 0.1) is 20.8 Å². The van der Waals surface area contributed by atoms with Crippen molar-refractivity contribution in [3.05, 3.63) is 22.2 Å². The Bertz CT molecular complexity index is 338. The van der Waals surface area contributed by atoms with Gasteiger partial charge in [-0.05, 0) is 40.0 Å². The maximum Gasteiger partial charge on any atom is 0.137 e. The Morgan fingerprint density at radius 1 is 1.29 bits per heavy atom. The van der Waals surface area contributed by atoms with E-state index >= 15 is 0 Å². The minimum Gasteiger partial charge on any atom is -0.495 e. The predicted molar refractivity (Wildman–Crippen MR) is 73.3 cm³/mol. The standard InChI is InChI=1S/C11H16BrNO3.ClH/c1-15-9-4-7(3-8(13)6-14)5-10(16-2)11(9)12;/h4-5,8,14H,3,6,13H2,1-2H3;1H. The summed E-state index contributed by atoms with van der Waals surface area (Å²) >= 11 is 3.39. The highest BCUT2D eigenvalue weighted by Gasteiger charge is 2.11. The summed E-state index contributed by atoms with van der Waals surface area (Å²) in [6.07, 6.45) is 0.580. The van der Waals surface area contributed by atoms with Gasteiger partial charge < -0.3 is 20.3 Å². The number of rotatable bonds is 5. The summed E-state index contributed by atoms with van der Waals surface area (Å²) in [5.74, 6) is 1.39. The Morgan fingerprint density at radius 3 is 2.12 bits per heavy atom. The number of aliphatic hydroxyl groups excluding tert-OH is 1. The fourth-order valence-electron chi connectivity index (χ4n) is 1.41. The van der Waals surface area contributed by atoms with E-state index < -0.39 is 0 Å². The van der Waals surface area contributed by atoms with E-state index in [1.807, 2.05) is 12.1 Å². The maximum absolute atomic E-state index is 8.91. The van der Waals surface area contributed by atoms with Crippen LogP contribution >= 0.6 is 28.3 Å². The van der Waals surface area contributed by atoms with Crippen LogP contribution in [0.25, 0.3) is 0 Å². The topological polar surface area (TPSA) is 64.7 Å². The summed E-state index contributed by atoms with van der Waals surface area (Å²) < 4.78 is 11.2. The number of halogens is 2. The zero-order valence-electron chi connectivity index (χ0n) is 9.77. The molecule has 0 heterocycles. The lowest BCUT2D eigenvalue weighted by molar-refractivity contribution is 0.265. The summed E-state index contributed by atoms with van der Waals surface area (Å²) in [5.41, 5.74) is 6.65. The number of methoxy groups -OCH3 is 2. The molecule has 1 rings (SSSR count). The molecule has 0 fully saturated rings. The fraction of sp³-hybridized carbons (Fsp3) is 0.455. The lowest BCUT2D eigenvalue weighted by Crippen LogP contribution is -2.26. The Morgan fingerprint density at radius 2 is 1.76 bits per heavy atom. The van der Waals surface area contributed by atoms with Crippen LogP contribution in [0.2, 0.25) is 0 Å². The van der Waals surface area contributed by atoms with E-state index in [0.29, 0.717) is 17.9 Å². The second-order valence-corrected chi connectivity index (χ2v) is 4.25. The largest absolute Gasteiger partial charge is 0.495 e. The van der Waals surface area contributed by atoms with Gasteiger partial charge in [0.25, 0.3) is 0 Å². The maximum atomic E-state index is 8.91. The molecule has 4 nitrogen and oxygen atoms in total. The second kappa shape index (κ2) is 7.76. The predicted octanol–water partition coefficient (Wildman–Crippen LogP) is 1.75. The number of ether oxygens (including phenoxy) is 2. The van der Waals surface area contributed by atoms with Gasteiger partial charge in [-0.1, -0.05) is 0 Å². The van der Waals surface area contributed by atoms with E-state index in [1.165, 1.54) is 0 Å². The molecule has 0 aromatic heterocycles. The molecule has 0 saturated heterocycles. The summed E-state index contributed by atoms with van der Waals surface area (Å²) in [4.78, 5) is 0. The van der Waals surface area contributed by atoms with E-state index in [0.717, 1.165) is 10.0 Å². The number of benzene rings is 1. The molecule has 1 aromatic rings. The van der Waals surface area contributed by atoms with Crippen LogP contribution in [0, 0.1) is 0 Å². The first-order valence-electron chi connectivity index (χ1n) is 4.89. The highest BCUT2D eigenvalue weighted by atomic mass is 79.9. The van der Waals surface area contributed by atoms with Crippen LogP contribution in [0.5, 0.6) is 11.5 Å². The van der Waals surface area contributed by atoms with Crippen molar-refractivity contribution in [2.75, 3.05) is 20.8 Å². The number of hydrogen-bond donors (Lipinski definition) is 2. The Balaban J connectivity index is 0.00000256. The molecule has 3 N–H and O–H groups in total. The van der Waals surface area contributed by atoms with Gasteiger partial charge in [0.1, 0.15) is 16.0 Å². The average Bonchev–Trinajstić information content (AvgIpc) is 2.30. The third-order valence-corrected chi connectivity index (χ3v) is 3.02. The van der Waals surface area contributed by atoms with Gasteiger partial charge in [0.15, 0.2) is 0 Å². The van der Waals surface area contributed by atoms with Crippen LogP contribution < -0.4 is 15.2 Å². The third-order valence-electron chi connectivity index (χ3n) is 2.24. The van der Waals surface area contributed by atoms with Crippen molar-refractivity contribution < 1.29 is 14.6 Å². The van der Waals surface area contributed by atoms with Crippen LogP contribution in [0.1, 0.15) is 5.56 Å². The van der Waals surface area contributed by atoms with Crippen LogP contribution in [0.3, 0.4) is 0 Å². The molecule has 0 saturated carbocycles. The van der Waals surface area contributed by atoms with E-state index in [1.54, 1.807) is 14.2 Å². The number of hydrogen-bond acceptors (Lipinski definition) is 4. The first kappa shape index (κ1) is 16.5. The van der Waals surface area contributed by atoms with E-state index in [-0.39, 0.29) is 25.1 Å². The molecule has 1 aromatic carbocycles. The molecule has 0 spiro atoms. The van der Waals surface area contributed by atoms with Crippen molar-refractivity contribution in [2.45, 2.75) is 12.5 Å². The van der Waals surface area contributed by atoms with Crippen molar-refractivity contribution in [1.82, 2.24) is 0 Å². The monoisotopic (exact) mass is 325 g/mol. The summed E-state index contributed by atoms with van der Waals surface area (Å²) in [7, 11) is 3.19. The van der Waals surface area contributed by atoms with Gasteiger partial charge in [-0.15, -0.1) is 12.4 Å². The van der Waals surface area contributed by atoms with Crippen molar-refractivity contribution in [3.8, 4) is 11.5 Å². The Kier molecular flexibility index (Phi) is 7.54. The van der Waals surface area contributed by atoms with Gasteiger partial charge in [-0.25, -0.2) is 0 Å². The average molecular weight is 327 g/mol. The Hall–Kier alpha value is -0.490. The second-order valence-electron chi connectivity index (χ2n) is 3.46. The van der Waals surface area contributed by atoms with Crippen molar-refractivity contribution in [3.63, 3.8) is 0 Å². The van der Waals surface area contributed by atoms with E-state index in [9.17, 15) is 0 Å².